The third-order valence-electron chi connectivity index (χ3n) is 3.61. The van der Waals surface area contributed by atoms with Crippen LogP contribution in [-0.4, -0.2) is 23.9 Å². The number of hydrogen-bond acceptors (Lipinski definition) is 5. The van der Waals surface area contributed by atoms with Crippen molar-refractivity contribution in [3.05, 3.63) is 59.0 Å². The largest absolute Gasteiger partial charge is 0.497 e. The first kappa shape index (κ1) is 17.5. The third-order valence-corrected chi connectivity index (χ3v) is 4.92. The number of ether oxygens (including phenoxy) is 2. The molecule has 0 saturated carbocycles. The van der Waals surface area contributed by atoms with Gasteiger partial charge in [0.1, 0.15) is 11.5 Å². The summed E-state index contributed by atoms with van der Waals surface area (Å²) >= 11 is 6.69. The Bertz CT molecular complexity index is 814. The van der Waals surface area contributed by atoms with Crippen LogP contribution in [0.5, 0.6) is 11.5 Å². The van der Waals surface area contributed by atoms with Gasteiger partial charge in [0.15, 0.2) is 4.32 Å². The summed E-state index contributed by atoms with van der Waals surface area (Å²) < 4.78 is 11.1. The smallest absolute Gasteiger partial charge is 0.270 e. The lowest BCUT2D eigenvalue weighted by atomic mass is 10.2. The van der Waals surface area contributed by atoms with E-state index in [9.17, 15) is 4.79 Å². The summed E-state index contributed by atoms with van der Waals surface area (Å²) in [6.07, 6.45) is 1.84. The molecule has 0 unspecified atom stereocenters. The summed E-state index contributed by atoms with van der Waals surface area (Å²) in [5.74, 6) is 1.43. The first-order valence-corrected chi connectivity index (χ1v) is 8.99. The van der Waals surface area contributed by atoms with Gasteiger partial charge in [-0.1, -0.05) is 36.1 Å². The predicted molar refractivity (Wildman–Crippen MR) is 106 cm³/mol. The molecule has 0 aromatic heterocycles. The molecule has 3 rings (SSSR count). The van der Waals surface area contributed by atoms with E-state index in [1.54, 1.807) is 12.0 Å². The van der Waals surface area contributed by atoms with Gasteiger partial charge in [-0.2, -0.15) is 0 Å². The summed E-state index contributed by atoms with van der Waals surface area (Å²) in [7, 11) is 1.62. The molecule has 1 heterocycles. The van der Waals surface area contributed by atoms with Crippen LogP contribution in [-0.2, 0) is 4.79 Å². The Kier molecular flexibility index (Phi) is 5.40. The highest BCUT2D eigenvalue weighted by molar-refractivity contribution is 8.27. The maximum absolute atomic E-state index is 12.7. The molecule has 2 aromatic rings. The van der Waals surface area contributed by atoms with Crippen molar-refractivity contribution < 1.29 is 14.3 Å². The molecule has 1 fully saturated rings. The SMILES string of the molecule is CCOc1ccc(N2C(=O)/C(=C/c3ccc(OC)cc3)SC2=S)cc1. The van der Waals surface area contributed by atoms with Crippen LogP contribution < -0.4 is 14.4 Å². The number of nitrogens with zero attached hydrogens (tertiary/aromatic N) is 1. The van der Waals surface area contributed by atoms with Gasteiger partial charge in [0.05, 0.1) is 24.3 Å². The highest BCUT2D eigenvalue weighted by atomic mass is 32.2. The average Bonchev–Trinajstić information content (AvgIpc) is 2.90. The van der Waals surface area contributed by atoms with Crippen LogP contribution in [0.25, 0.3) is 6.08 Å². The Labute approximate surface area is 156 Å². The lowest BCUT2D eigenvalue weighted by Crippen LogP contribution is -2.27. The normalized spacial score (nSPS) is 15.8. The number of amides is 1. The van der Waals surface area contributed by atoms with E-state index in [0.29, 0.717) is 15.8 Å². The third kappa shape index (κ3) is 3.86. The fourth-order valence-corrected chi connectivity index (χ4v) is 3.70. The van der Waals surface area contributed by atoms with Gasteiger partial charge in [-0.25, -0.2) is 0 Å². The second-order valence-corrected chi connectivity index (χ2v) is 6.89. The quantitative estimate of drug-likeness (QED) is 0.572. The van der Waals surface area contributed by atoms with Gasteiger partial charge in [-0.15, -0.1) is 0 Å². The summed E-state index contributed by atoms with van der Waals surface area (Å²) in [5, 5.41) is 0. The van der Waals surface area contributed by atoms with Gasteiger partial charge < -0.3 is 9.47 Å². The van der Waals surface area contributed by atoms with Crippen molar-refractivity contribution in [2.24, 2.45) is 0 Å². The van der Waals surface area contributed by atoms with Crippen LogP contribution in [0.3, 0.4) is 0 Å². The van der Waals surface area contributed by atoms with Gasteiger partial charge in [0, 0.05) is 0 Å². The first-order chi connectivity index (χ1) is 12.1. The van der Waals surface area contributed by atoms with Crippen LogP contribution in [0.15, 0.2) is 53.4 Å². The molecule has 0 bridgehead atoms. The molecule has 0 aliphatic carbocycles. The van der Waals surface area contributed by atoms with E-state index in [0.717, 1.165) is 22.7 Å². The molecule has 0 atom stereocenters. The molecule has 1 aliphatic heterocycles. The molecule has 2 aromatic carbocycles. The fourth-order valence-electron chi connectivity index (χ4n) is 2.40. The Morgan fingerprint density at radius 3 is 2.32 bits per heavy atom. The van der Waals surface area contributed by atoms with Gasteiger partial charge in [-0.3, -0.25) is 9.69 Å². The maximum Gasteiger partial charge on any atom is 0.270 e. The monoisotopic (exact) mass is 371 g/mol. The van der Waals surface area contributed by atoms with Crippen LogP contribution in [0, 0.1) is 0 Å². The van der Waals surface area contributed by atoms with Gasteiger partial charge in [-0.05, 0) is 55.0 Å². The van der Waals surface area contributed by atoms with E-state index in [1.807, 2.05) is 61.5 Å². The number of hydrogen-bond donors (Lipinski definition) is 0. The summed E-state index contributed by atoms with van der Waals surface area (Å²) in [6.45, 7) is 2.53. The number of thioether (sulfide) groups is 1. The predicted octanol–water partition coefficient (Wildman–Crippen LogP) is 4.50. The minimum atomic E-state index is -0.116. The number of thiocarbonyl (C=S) groups is 1. The number of methoxy groups -OCH3 is 1. The molecule has 0 spiro atoms. The standard InChI is InChI=1S/C19H17NO3S2/c1-3-23-16-10-6-14(7-11-16)20-18(21)17(25-19(20)24)12-13-4-8-15(22-2)9-5-13/h4-12H,3H2,1-2H3/b17-12-. The van der Waals surface area contributed by atoms with E-state index < -0.39 is 0 Å². The topological polar surface area (TPSA) is 38.8 Å². The van der Waals surface area contributed by atoms with E-state index in [4.69, 9.17) is 21.7 Å². The molecular weight excluding hydrogens is 354 g/mol. The van der Waals surface area contributed by atoms with Crippen molar-refractivity contribution in [2.45, 2.75) is 6.92 Å². The number of carbonyl (C=O) groups excluding carboxylic acids is 1. The van der Waals surface area contributed by atoms with Crippen LogP contribution >= 0.6 is 24.0 Å². The minimum absolute atomic E-state index is 0.116. The lowest BCUT2D eigenvalue weighted by molar-refractivity contribution is -0.113. The summed E-state index contributed by atoms with van der Waals surface area (Å²) in [4.78, 5) is 14.9. The van der Waals surface area contributed by atoms with Crippen LogP contribution in [0.4, 0.5) is 5.69 Å². The van der Waals surface area contributed by atoms with E-state index in [-0.39, 0.29) is 5.91 Å². The van der Waals surface area contributed by atoms with Crippen molar-refractivity contribution >= 4 is 46.0 Å². The molecule has 25 heavy (non-hydrogen) atoms. The van der Waals surface area contributed by atoms with Crippen molar-refractivity contribution in [1.82, 2.24) is 0 Å². The van der Waals surface area contributed by atoms with Crippen molar-refractivity contribution in [1.29, 1.82) is 0 Å². The summed E-state index contributed by atoms with van der Waals surface area (Å²) in [5.41, 5.74) is 1.66. The summed E-state index contributed by atoms with van der Waals surface area (Å²) in [6, 6.07) is 14.9. The number of rotatable bonds is 5. The second-order valence-electron chi connectivity index (χ2n) is 5.22. The van der Waals surface area contributed by atoms with Crippen LogP contribution in [0.1, 0.15) is 12.5 Å². The maximum atomic E-state index is 12.7. The second kappa shape index (κ2) is 7.72. The van der Waals surface area contributed by atoms with Gasteiger partial charge >= 0.3 is 0 Å². The average molecular weight is 371 g/mol. The highest BCUT2D eigenvalue weighted by Gasteiger charge is 2.33. The molecule has 4 nitrogen and oxygen atoms in total. The van der Waals surface area contributed by atoms with Crippen molar-refractivity contribution in [2.75, 3.05) is 18.6 Å². The molecular formula is C19H17NO3S2. The molecule has 0 radical (unpaired) electrons. The lowest BCUT2D eigenvalue weighted by Gasteiger charge is -2.15. The zero-order valence-corrected chi connectivity index (χ0v) is 15.5. The van der Waals surface area contributed by atoms with Gasteiger partial charge in [0.25, 0.3) is 5.91 Å². The molecule has 1 saturated heterocycles. The Balaban J connectivity index is 1.82. The molecule has 6 heteroatoms. The number of carbonyl (C=O) groups is 1. The molecule has 1 amide bonds. The Morgan fingerprint density at radius 1 is 1.08 bits per heavy atom. The number of anilines is 1. The van der Waals surface area contributed by atoms with Crippen molar-refractivity contribution in [3.63, 3.8) is 0 Å². The van der Waals surface area contributed by atoms with E-state index in [2.05, 4.69) is 0 Å². The highest BCUT2D eigenvalue weighted by Crippen LogP contribution is 2.36. The minimum Gasteiger partial charge on any atom is -0.497 e. The van der Waals surface area contributed by atoms with Gasteiger partial charge in [0.2, 0.25) is 0 Å². The number of benzene rings is 2. The molecule has 128 valence electrons. The fraction of sp³-hybridized carbons (Fsp3) is 0.158. The zero-order valence-electron chi connectivity index (χ0n) is 13.9. The zero-order chi connectivity index (χ0) is 17.8. The van der Waals surface area contributed by atoms with Crippen molar-refractivity contribution in [3.8, 4) is 11.5 Å². The molecule has 1 aliphatic rings. The van der Waals surface area contributed by atoms with Crippen LogP contribution in [0.2, 0.25) is 0 Å². The molecule has 0 N–H and O–H groups in total. The van der Waals surface area contributed by atoms with E-state index >= 15 is 0 Å². The van der Waals surface area contributed by atoms with E-state index in [1.165, 1.54) is 11.8 Å². The Morgan fingerprint density at radius 2 is 1.72 bits per heavy atom. The Hall–Kier alpha value is -2.31. The first-order valence-electron chi connectivity index (χ1n) is 7.77.